The van der Waals surface area contributed by atoms with Gasteiger partial charge in [-0.3, -0.25) is 9.78 Å². The Hall–Kier alpha value is -1.82. The molecule has 0 aromatic carbocycles. The Morgan fingerprint density at radius 1 is 1.58 bits per heavy atom. The zero-order chi connectivity index (χ0) is 13.7. The molecule has 19 heavy (non-hydrogen) atoms. The van der Waals surface area contributed by atoms with Crippen molar-refractivity contribution < 1.29 is 13.9 Å². The van der Waals surface area contributed by atoms with Crippen LogP contribution < -0.4 is 10.1 Å². The van der Waals surface area contributed by atoms with Crippen LogP contribution in [-0.2, 0) is 11.3 Å². The minimum absolute atomic E-state index is 0.212. The highest BCUT2D eigenvalue weighted by Gasteiger charge is 2.14. The number of amides is 1. The van der Waals surface area contributed by atoms with Gasteiger partial charge < -0.3 is 14.5 Å². The third-order valence-corrected chi connectivity index (χ3v) is 2.81. The molecule has 0 aliphatic heterocycles. The van der Waals surface area contributed by atoms with Crippen LogP contribution in [0.25, 0.3) is 0 Å². The van der Waals surface area contributed by atoms with Crippen molar-refractivity contribution in [2.75, 3.05) is 0 Å². The fourth-order valence-electron chi connectivity index (χ4n) is 1.45. The molecule has 1 amide bonds. The highest BCUT2D eigenvalue weighted by molar-refractivity contribution is 9.10. The van der Waals surface area contributed by atoms with Gasteiger partial charge in [0.1, 0.15) is 11.5 Å². The van der Waals surface area contributed by atoms with Gasteiger partial charge in [-0.25, -0.2) is 0 Å². The number of rotatable bonds is 5. The molecular formula is C13H13BrN2O3. The van der Waals surface area contributed by atoms with Crippen molar-refractivity contribution >= 4 is 21.8 Å². The van der Waals surface area contributed by atoms with Gasteiger partial charge in [-0.2, -0.15) is 0 Å². The quantitative estimate of drug-likeness (QED) is 0.917. The number of furan rings is 1. The molecule has 5 nitrogen and oxygen atoms in total. The second-order valence-electron chi connectivity index (χ2n) is 3.90. The minimum Gasteiger partial charge on any atom is -0.479 e. The van der Waals surface area contributed by atoms with E-state index in [1.165, 1.54) is 0 Å². The average Bonchev–Trinajstić information content (AvgIpc) is 2.89. The molecule has 0 saturated heterocycles. The zero-order valence-electron chi connectivity index (χ0n) is 10.3. The van der Waals surface area contributed by atoms with E-state index in [1.54, 1.807) is 43.8 Å². The van der Waals surface area contributed by atoms with E-state index in [0.29, 0.717) is 18.1 Å². The van der Waals surface area contributed by atoms with Crippen LogP contribution >= 0.6 is 15.9 Å². The molecule has 2 aromatic heterocycles. The Morgan fingerprint density at radius 2 is 2.42 bits per heavy atom. The molecule has 6 heteroatoms. The van der Waals surface area contributed by atoms with Crippen molar-refractivity contribution in [1.82, 2.24) is 10.3 Å². The van der Waals surface area contributed by atoms with Gasteiger partial charge in [0.15, 0.2) is 6.10 Å². The highest BCUT2D eigenvalue weighted by Crippen LogP contribution is 2.17. The van der Waals surface area contributed by atoms with Crippen LogP contribution in [0.4, 0.5) is 0 Å². The number of halogens is 1. The molecule has 1 N–H and O–H groups in total. The number of aromatic nitrogens is 1. The lowest BCUT2D eigenvalue weighted by atomic mass is 10.3. The molecule has 0 aliphatic carbocycles. The van der Waals surface area contributed by atoms with E-state index in [4.69, 9.17) is 9.15 Å². The fraction of sp³-hybridized carbons (Fsp3) is 0.231. The average molecular weight is 325 g/mol. The molecule has 0 aliphatic rings. The van der Waals surface area contributed by atoms with Crippen LogP contribution in [0.3, 0.4) is 0 Å². The van der Waals surface area contributed by atoms with E-state index in [-0.39, 0.29) is 5.91 Å². The van der Waals surface area contributed by atoms with Gasteiger partial charge in [-0.1, -0.05) is 0 Å². The van der Waals surface area contributed by atoms with E-state index in [2.05, 4.69) is 26.2 Å². The number of carbonyl (C=O) groups is 1. The highest BCUT2D eigenvalue weighted by atomic mass is 79.9. The van der Waals surface area contributed by atoms with Crippen molar-refractivity contribution in [3.63, 3.8) is 0 Å². The molecule has 0 spiro atoms. The first-order valence-electron chi connectivity index (χ1n) is 5.72. The van der Waals surface area contributed by atoms with Crippen LogP contribution in [0.5, 0.6) is 5.75 Å². The molecule has 2 aromatic rings. The second-order valence-corrected chi connectivity index (χ2v) is 4.81. The minimum atomic E-state index is -0.605. The monoisotopic (exact) mass is 324 g/mol. The molecule has 100 valence electrons. The maximum Gasteiger partial charge on any atom is 0.261 e. The third-order valence-electron chi connectivity index (χ3n) is 2.38. The van der Waals surface area contributed by atoms with E-state index in [9.17, 15) is 4.79 Å². The lowest BCUT2D eigenvalue weighted by molar-refractivity contribution is -0.127. The van der Waals surface area contributed by atoms with Gasteiger partial charge in [0, 0.05) is 10.7 Å². The van der Waals surface area contributed by atoms with Crippen LogP contribution in [0.2, 0.25) is 0 Å². The maximum atomic E-state index is 11.8. The number of nitrogens with one attached hydrogen (secondary N) is 1. The number of ether oxygens (including phenoxy) is 1. The molecule has 0 bridgehead atoms. The van der Waals surface area contributed by atoms with Crippen LogP contribution in [0, 0.1) is 0 Å². The second kappa shape index (κ2) is 6.38. The van der Waals surface area contributed by atoms with Gasteiger partial charge >= 0.3 is 0 Å². The molecule has 2 heterocycles. The van der Waals surface area contributed by atoms with Crippen LogP contribution in [-0.4, -0.2) is 17.0 Å². The van der Waals surface area contributed by atoms with Gasteiger partial charge in [0.2, 0.25) is 0 Å². The third kappa shape index (κ3) is 4.10. The molecule has 1 atom stereocenters. The van der Waals surface area contributed by atoms with Gasteiger partial charge in [0.05, 0.1) is 19.0 Å². The largest absolute Gasteiger partial charge is 0.479 e. The standard InChI is InChI=1S/C13H13BrN2O3/c1-9(19-12-5-10(14)6-15-7-12)13(17)16-8-11-3-2-4-18-11/h2-7,9H,8H2,1H3,(H,16,17). The first-order valence-corrected chi connectivity index (χ1v) is 6.52. The molecule has 2 rings (SSSR count). The topological polar surface area (TPSA) is 64.4 Å². The lowest BCUT2D eigenvalue weighted by Crippen LogP contribution is -2.35. The van der Waals surface area contributed by atoms with Gasteiger partial charge in [0.25, 0.3) is 5.91 Å². The van der Waals surface area contributed by atoms with Gasteiger partial charge in [-0.15, -0.1) is 0 Å². The Morgan fingerprint density at radius 3 is 3.11 bits per heavy atom. The number of carbonyl (C=O) groups excluding carboxylic acids is 1. The first-order chi connectivity index (χ1) is 9.15. The predicted molar refractivity (Wildman–Crippen MR) is 72.6 cm³/mol. The van der Waals surface area contributed by atoms with Crippen molar-refractivity contribution in [2.24, 2.45) is 0 Å². The number of hydrogen-bond donors (Lipinski definition) is 1. The summed E-state index contributed by atoms with van der Waals surface area (Å²) in [5.74, 6) is 1.02. The summed E-state index contributed by atoms with van der Waals surface area (Å²) >= 11 is 3.29. The van der Waals surface area contributed by atoms with E-state index in [0.717, 1.165) is 4.47 Å². The Labute approximate surface area is 119 Å². The molecule has 0 saturated carbocycles. The number of nitrogens with zero attached hydrogens (tertiary/aromatic N) is 1. The molecule has 1 unspecified atom stereocenters. The smallest absolute Gasteiger partial charge is 0.261 e. The maximum absolute atomic E-state index is 11.8. The summed E-state index contributed by atoms with van der Waals surface area (Å²) in [7, 11) is 0. The van der Waals surface area contributed by atoms with E-state index >= 15 is 0 Å². The summed E-state index contributed by atoms with van der Waals surface area (Å²) in [6.07, 6.45) is 4.16. The van der Waals surface area contributed by atoms with Crippen LogP contribution in [0.15, 0.2) is 45.7 Å². The van der Waals surface area contributed by atoms with Crippen molar-refractivity contribution in [3.8, 4) is 5.75 Å². The van der Waals surface area contributed by atoms with E-state index in [1.807, 2.05) is 0 Å². The van der Waals surface area contributed by atoms with Crippen molar-refractivity contribution in [3.05, 3.63) is 47.1 Å². The Kier molecular flexibility index (Phi) is 4.57. The number of pyridine rings is 1. The summed E-state index contributed by atoms with van der Waals surface area (Å²) < 4.78 is 11.4. The predicted octanol–water partition coefficient (Wildman–Crippen LogP) is 2.52. The van der Waals surface area contributed by atoms with Gasteiger partial charge in [-0.05, 0) is 41.1 Å². The summed E-state index contributed by atoms with van der Waals surface area (Å²) in [5, 5.41) is 2.73. The summed E-state index contributed by atoms with van der Waals surface area (Å²) in [5.41, 5.74) is 0. The first kappa shape index (κ1) is 13.6. The van der Waals surface area contributed by atoms with Crippen LogP contribution in [0.1, 0.15) is 12.7 Å². The molecular weight excluding hydrogens is 312 g/mol. The lowest BCUT2D eigenvalue weighted by Gasteiger charge is -2.14. The Bertz CT molecular complexity index is 543. The molecule has 0 fully saturated rings. The fourth-order valence-corrected chi connectivity index (χ4v) is 1.79. The Balaban J connectivity index is 1.85. The SMILES string of the molecule is CC(Oc1cncc(Br)c1)C(=O)NCc1ccco1. The van der Waals surface area contributed by atoms with Crippen molar-refractivity contribution in [2.45, 2.75) is 19.6 Å². The zero-order valence-corrected chi connectivity index (χ0v) is 11.9. The molecule has 0 radical (unpaired) electrons. The van der Waals surface area contributed by atoms with E-state index < -0.39 is 6.10 Å². The summed E-state index contributed by atoms with van der Waals surface area (Å²) in [6, 6.07) is 5.32. The number of hydrogen-bond acceptors (Lipinski definition) is 4. The van der Waals surface area contributed by atoms with Crippen molar-refractivity contribution in [1.29, 1.82) is 0 Å². The summed E-state index contributed by atoms with van der Waals surface area (Å²) in [6.45, 7) is 2.02. The summed E-state index contributed by atoms with van der Waals surface area (Å²) in [4.78, 5) is 15.8. The normalized spacial score (nSPS) is 11.9.